The highest BCUT2D eigenvalue weighted by Gasteiger charge is 2.34. The van der Waals surface area contributed by atoms with Gasteiger partial charge in [-0.15, -0.1) is 0 Å². The molecule has 5 nitrogen and oxygen atoms in total. The fourth-order valence-corrected chi connectivity index (χ4v) is 2.94. The summed E-state index contributed by atoms with van der Waals surface area (Å²) in [4.78, 5) is 12.7. The van der Waals surface area contributed by atoms with E-state index in [0.717, 1.165) is 6.07 Å². The van der Waals surface area contributed by atoms with Crippen LogP contribution >= 0.6 is 0 Å². The van der Waals surface area contributed by atoms with Crippen molar-refractivity contribution in [3.05, 3.63) is 65.9 Å². The van der Waals surface area contributed by atoms with E-state index in [4.69, 9.17) is 0 Å². The molecule has 2 aromatic carbocycles. The molecule has 0 saturated heterocycles. The zero-order chi connectivity index (χ0) is 20.1. The summed E-state index contributed by atoms with van der Waals surface area (Å²) in [5.41, 5.74) is -0.459. The second-order valence-corrected chi connectivity index (χ2v) is 6.10. The average molecular weight is 388 g/mol. The first kappa shape index (κ1) is 17.9. The first-order valence-electron chi connectivity index (χ1n) is 8.12. The van der Waals surface area contributed by atoms with E-state index >= 15 is 0 Å². The average Bonchev–Trinajstić information content (AvgIpc) is 2.99. The zero-order valence-corrected chi connectivity index (χ0v) is 14.4. The van der Waals surface area contributed by atoms with Gasteiger partial charge < -0.3 is 5.11 Å². The number of aryl methyl sites for hydroxylation is 1. The van der Waals surface area contributed by atoms with Gasteiger partial charge in [0, 0.05) is 17.8 Å². The second-order valence-electron chi connectivity index (χ2n) is 6.10. The summed E-state index contributed by atoms with van der Waals surface area (Å²) in [5.74, 6) is -0.441. The van der Waals surface area contributed by atoms with Gasteiger partial charge >= 0.3 is 6.18 Å². The van der Waals surface area contributed by atoms with Gasteiger partial charge in [0.1, 0.15) is 29.0 Å². The molecule has 0 aliphatic rings. The Morgan fingerprint density at radius 2 is 1.79 bits per heavy atom. The highest BCUT2D eigenvalue weighted by atomic mass is 19.4. The van der Waals surface area contributed by atoms with Crippen LogP contribution in [-0.4, -0.2) is 24.6 Å². The van der Waals surface area contributed by atoms with Gasteiger partial charge in [-0.05, 0) is 43.3 Å². The highest BCUT2D eigenvalue weighted by Crippen LogP contribution is 2.36. The largest absolute Gasteiger partial charge is 0.508 e. The molecule has 0 aliphatic heterocycles. The lowest BCUT2D eigenvalue weighted by Gasteiger charge is -2.12. The molecule has 2 heterocycles. The number of hydrogen-bond acceptors (Lipinski definition) is 4. The Labute approximate surface area is 155 Å². The third-order valence-electron chi connectivity index (χ3n) is 4.16. The monoisotopic (exact) mass is 388 g/mol. The molecule has 0 fully saturated rings. The van der Waals surface area contributed by atoms with Crippen LogP contribution in [0, 0.1) is 12.7 Å². The van der Waals surface area contributed by atoms with Crippen molar-refractivity contribution in [2.75, 3.05) is 0 Å². The van der Waals surface area contributed by atoms with E-state index < -0.39 is 17.6 Å². The van der Waals surface area contributed by atoms with Crippen molar-refractivity contribution in [1.82, 2.24) is 19.5 Å². The number of halogens is 4. The van der Waals surface area contributed by atoms with Gasteiger partial charge in [0.25, 0.3) is 0 Å². The van der Waals surface area contributed by atoms with Crippen LogP contribution in [0.4, 0.5) is 17.6 Å². The Balaban J connectivity index is 2.04. The van der Waals surface area contributed by atoms with Crippen LogP contribution in [-0.2, 0) is 6.18 Å². The van der Waals surface area contributed by atoms with Gasteiger partial charge in [-0.1, -0.05) is 0 Å². The van der Waals surface area contributed by atoms with Crippen LogP contribution in [0.3, 0.4) is 0 Å². The molecule has 2 aromatic heterocycles. The summed E-state index contributed by atoms with van der Waals surface area (Å²) in [6, 6.07) is 8.66. The molecule has 0 amide bonds. The highest BCUT2D eigenvalue weighted by molar-refractivity contribution is 5.84. The summed E-state index contributed by atoms with van der Waals surface area (Å²) in [7, 11) is 0. The molecule has 0 bridgehead atoms. The maximum Gasteiger partial charge on any atom is 0.419 e. The standard InChI is InChI=1S/C19H12F4N4O/c1-10-24-7-6-17(25-10)27-16-5-3-12(28)9-15(16)26-18(27)11-2-4-14(20)13(8-11)19(21,22)23/h2-9,28H,1H3. The quantitative estimate of drug-likeness (QED) is 0.508. The van der Waals surface area contributed by atoms with E-state index in [1.165, 1.54) is 29.0 Å². The van der Waals surface area contributed by atoms with Gasteiger partial charge in [0.05, 0.1) is 16.6 Å². The molecule has 4 rings (SSSR count). The third-order valence-corrected chi connectivity index (χ3v) is 4.16. The van der Waals surface area contributed by atoms with Crippen molar-refractivity contribution in [3.63, 3.8) is 0 Å². The molecular formula is C19H12F4N4O. The number of phenols is 1. The van der Waals surface area contributed by atoms with Crippen molar-refractivity contribution >= 4 is 11.0 Å². The van der Waals surface area contributed by atoms with E-state index in [2.05, 4.69) is 15.0 Å². The lowest BCUT2D eigenvalue weighted by molar-refractivity contribution is -0.139. The number of phenolic OH excluding ortho intramolecular Hbond substituents is 1. The Bertz CT molecular complexity index is 1200. The van der Waals surface area contributed by atoms with Crippen LogP contribution in [0.2, 0.25) is 0 Å². The van der Waals surface area contributed by atoms with E-state index in [9.17, 15) is 22.7 Å². The number of hydrogen-bond donors (Lipinski definition) is 1. The number of fused-ring (bicyclic) bond motifs is 1. The Hall–Kier alpha value is -3.49. The van der Waals surface area contributed by atoms with Crippen LogP contribution in [0.15, 0.2) is 48.7 Å². The third kappa shape index (κ3) is 3.04. The van der Waals surface area contributed by atoms with Crippen molar-refractivity contribution < 1.29 is 22.7 Å². The first-order valence-corrected chi connectivity index (χ1v) is 8.12. The molecule has 0 atom stereocenters. The van der Waals surface area contributed by atoms with Crippen LogP contribution in [0.5, 0.6) is 5.75 Å². The minimum Gasteiger partial charge on any atom is -0.508 e. The number of rotatable bonds is 2. The summed E-state index contributed by atoms with van der Waals surface area (Å²) >= 11 is 0. The molecule has 0 unspecified atom stereocenters. The van der Waals surface area contributed by atoms with Crippen molar-refractivity contribution in [1.29, 1.82) is 0 Å². The fourth-order valence-electron chi connectivity index (χ4n) is 2.94. The molecular weight excluding hydrogens is 376 g/mol. The molecule has 28 heavy (non-hydrogen) atoms. The van der Waals surface area contributed by atoms with Gasteiger partial charge in [0.15, 0.2) is 0 Å². The number of nitrogens with zero attached hydrogens (tertiary/aromatic N) is 4. The SMILES string of the molecule is Cc1nccc(-n2c(-c3ccc(F)c(C(F)(F)F)c3)nc3cc(O)ccc32)n1. The van der Waals surface area contributed by atoms with Gasteiger partial charge in [-0.2, -0.15) is 13.2 Å². The summed E-state index contributed by atoms with van der Waals surface area (Å²) in [5, 5.41) is 9.73. The maximum atomic E-state index is 13.7. The molecule has 9 heteroatoms. The minimum absolute atomic E-state index is 0.0438. The number of alkyl halides is 3. The smallest absolute Gasteiger partial charge is 0.419 e. The minimum atomic E-state index is -4.85. The Kier molecular flexibility index (Phi) is 4.02. The Morgan fingerprint density at radius 3 is 2.50 bits per heavy atom. The summed E-state index contributed by atoms with van der Waals surface area (Å²) in [6.45, 7) is 1.67. The van der Waals surface area contributed by atoms with Crippen LogP contribution < -0.4 is 0 Å². The summed E-state index contributed by atoms with van der Waals surface area (Å²) < 4.78 is 54.7. The number of aromatic hydroxyl groups is 1. The Morgan fingerprint density at radius 1 is 1.00 bits per heavy atom. The second kappa shape index (κ2) is 6.29. The van der Waals surface area contributed by atoms with Crippen LogP contribution in [0.1, 0.15) is 11.4 Å². The van der Waals surface area contributed by atoms with Crippen molar-refractivity contribution in [2.45, 2.75) is 13.1 Å². The maximum absolute atomic E-state index is 13.7. The normalized spacial score (nSPS) is 11.9. The predicted molar refractivity (Wildman–Crippen MR) is 93.5 cm³/mol. The van der Waals surface area contributed by atoms with E-state index in [0.29, 0.717) is 28.7 Å². The molecule has 1 N–H and O–H groups in total. The lowest BCUT2D eigenvalue weighted by atomic mass is 10.1. The fraction of sp³-hybridized carbons (Fsp3) is 0.105. The number of imidazole rings is 1. The number of aromatic nitrogens is 4. The topological polar surface area (TPSA) is 63.8 Å². The van der Waals surface area contributed by atoms with E-state index in [-0.39, 0.29) is 17.1 Å². The lowest BCUT2D eigenvalue weighted by Crippen LogP contribution is -2.09. The predicted octanol–water partition coefficient (Wildman–Crippen LogP) is 4.65. The first-order chi connectivity index (χ1) is 13.2. The molecule has 0 saturated carbocycles. The van der Waals surface area contributed by atoms with Gasteiger partial charge in [-0.3, -0.25) is 4.57 Å². The van der Waals surface area contributed by atoms with E-state index in [1.54, 1.807) is 19.1 Å². The zero-order valence-electron chi connectivity index (χ0n) is 14.4. The molecule has 142 valence electrons. The van der Waals surface area contributed by atoms with Crippen molar-refractivity contribution in [2.24, 2.45) is 0 Å². The van der Waals surface area contributed by atoms with Crippen molar-refractivity contribution in [3.8, 4) is 23.0 Å². The summed E-state index contributed by atoms with van der Waals surface area (Å²) in [6.07, 6.45) is -3.33. The molecule has 0 spiro atoms. The molecule has 4 aromatic rings. The van der Waals surface area contributed by atoms with E-state index in [1.807, 2.05) is 0 Å². The number of benzene rings is 2. The van der Waals surface area contributed by atoms with Crippen LogP contribution in [0.25, 0.3) is 28.2 Å². The molecule has 0 aliphatic carbocycles. The molecule has 0 radical (unpaired) electrons. The van der Waals surface area contributed by atoms with Gasteiger partial charge in [0.2, 0.25) is 0 Å². The van der Waals surface area contributed by atoms with Gasteiger partial charge in [-0.25, -0.2) is 19.3 Å².